The Morgan fingerprint density at radius 1 is 1.30 bits per heavy atom. The number of carbonyl (C=O) groups excluding carboxylic acids is 1. The van der Waals surface area contributed by atoms with Crippen molar-refractivity contribution in [1.29, 1.82) is 0 Å². The maximum Gasteiger partial charge on any atom is 0.315 e. The van der Waals surface area contributed by atoms with Gasteiger partial charge in [-0.3, -0.25) is 0 Å². The Bertz CT molecular complexity index is 737. The number of benzene rings is 1. The molecule has 1 aromatic carbocycles. The molecular formula is C16H17N5OS. The highest BCUT2D eigenvalue weighted by molar-refractivity contribution is 7.09. The highest BCUT2D eigenvalue weighted by Gasteiger charge is 2.09. The quantitative estimate of drug-likeness (QED) is 0.757. The Balaban J connectivity index is 1.55. The number of rotatable bonds is 5. The minimum absolute atomic E-state index is 0.0804. The second-order valence-corrected chi connectivity index (χ2v) is 6.09. The second-order valence-electron chi connectivity index (χ2n) is 5.06. The fraction of sp³-hybridized carbons (Fsp3) is 0.188. The summed E-state index contributed by atoms with van der Waals surface area (Å²) in [5, 5.41) is 11.9. The molecule has 2 aromatic heterocycles. The van der Waals surface area contributed by atoms with E-state index in [4.69, 9.17) is 0 Å². The Morgan fingerprint density at radius 2 is 2.13 bits per heavy atom. The molecule has 0 fully saturated rings. The summed E-state index contributed by atoms with van der Waals surface area (Å²) in [5.41, 5.74) is 1.96. The van der Waals surface area contributed by atoms with Crippen LogP contribution >= 0.6 is 11.3 Å². The molecule has 2 N–H and O–H groups in total. The van der Waals surface area contributed by atoms with Gasteiger partial charge in [-0.1, -0.05) is 18.2 Å². The lowest BCUT2D eigenvalue weighted by Gasteiger charge is -2.15. The summed E-state index contributed by atoms with van der Waals surface area (Å²) in [6.07, 6.45) is 3.14. The van der Waals surface area contributed by atoms with Crippen molar-refractivity contribution in [1.82, 2.24) is 25.4 Å². The summed E-state index contributed by atoms with van der Waals surface area (Å²) >= 11 is 1.62. The van der Waals surface area contributed by atoms with Crippen molar-refractivity contribution in [2.75, 3.05) is 0 Å². The minimum Gasteiger partial charge on any atom is -0.333 e. The van der Waals surface area contributed by atoms with E-state index in [0.717, 1.165) is 16.1 Å². The molecule has 0 aliphatic heterocycles. The highest BCUT2D eigenvalue weighted by Crippen LogP contribution is 2.15. The first-order chi connectivity index (χ1) is 11.2. The molecule has 0 radical (unpaired) electrons. The second kappa shape index (κ2) is 7.06. The van der Waals surface area contributed by atoms with Gasteiger partial charge in [0, 0.05) is 4.88 Å². The fourth-order valence-corrected chi connectivity index (χ4v) is 2.81. The number of nitrogens with one attached hydrogen (secondary N) is 2. The maximum atomic E-state index is 11.9. The number of urea groups is 1. The van der Waals surface area contributed by atoms with Crippen molar-refractivity contribution in [3.05, 3.63) is 64.9 Å². The van der Waals surface area contributed by atoms with Crippen molar-refractivity contribution in [2.24, 2.45) is 0 Å². The average Bonchev–Trinajstić information content (AvgIpc) is 3.26. The topological polar surface area (TPSA) is 71.8 Å². The Morgan fingerprint density at radius 3 is 2.78 bits per heavy atom. The molecule has 2 amide bonds. The van der Waals surface area contributed by atoms with Gasteiger partial charge in [-0.25, -0.2) is 14.5 Å². The van der Waals surface area contributed by atoms with Gasteiger partial charge in [-0.15, -0.1) is 11.3 Å². The number of aromatic nitrogens is 3. The van der Waals surface area contributed by atoms with Crippen molar-refractivity contribution in [3.8, 4) is 5.69 Å². The largest absolute Gasteiger partial charge is 0.333 e. The molecule has 118 valence electrons. The number of carbonyl (C=O) groups is 1. The van der Waals surface area contributed by atoms with E-state index in [1.165, 1.54) is 6.33 Å². The molecule has 0 spiro atoms. The van der Waals surface area contributed by atoms with Crippen LogP contribution in [0.2, 0.25) is 0 Å². The van der Waals surface area contributed by atoms with E-state index in [0.29, 0.717) is 6.54 Å². The smallest absolute Gasteiger partial charge is 0.315 e. The Labute approximate surface area is 138 Å². The van der Waals surface area contributed by atoms with Crippen LogP contribution in [0.3, 0.4) is 0 Å². The zero-order valence-corrected chi connectivity index (χ0v) is 13.5. The van der Waals surface area contributed by atoms with Gasteiger partial charge in [-0.2, -0.15) is 5.10 Å². The zero-order chi connectivity index (χ0) is 16.1. The molecule has 1 atom stereocenters. The third-order valence-electron chi connectivity index (χ3n) is 3.43. The summed E-state index contributed by atoms with van der Waals surface area (Å²) in [5.74, 6) is 0. The SMILES string of the molecule is C[C@H](NC(=O)NCc1cccs1)c1ccc(-n2cncn2)cc1. The monoisotopic (exact) mass is 327 g/mol. The van der Waals surface area contributed by atoms with Crippen LogP contribution in [0, 0.1) is 0 Å². The number of amides is 2. The third kappa shape index (κ3) is 3.95. The van der Waals surface area contributed by atoms with Gasteiger partial charge in [-0.05, 0) is 36.1 Å². The molecular weight excluding hydrogens is 310 g/mol. The maximum absolute atomic E-state index is 11.9. The number of nitrogens with zero attached hydrogens (tertiary/aromatic N) is 3. The summed E-state index contributed by atoms with van der Waals surface area (Å²) in [6, 6.07) is 11.6. The molecule has 23 heavy (non-hydrogen) atoms. The van der Waals surface area contributed by atoms with E-state index < -0.39 is 0 Å². The lowest BCUT2D eigenvalue weighted by Crippen LogP contribution is -2.36. The van der Waals surface area contributed by atoms with E-state index in [2.05, 4.69) is 20.7 Å². The molecule has 0 saturated carbocycles. The van der Waals surface area contributed by atoms with Gasteiger partial charge < -0.3 is 10.6 Å². The van der Waals surface area contributed by atoms with E-state index in [-0.39, 0.29) is 12.1 Å². The van der Waals surface area contributed by atoms with Crippen molar-refractivity contribution in [2.45, 2.75) is 19.5 Å². The van der Waals surface area contributed by atoms with Crippen LogP contribution in [0.15, 0.2) is 54.4 Å². The number of thiophene rings is 1. The van der Waals surface area contributed by atoms with Crippen LogP contribution in [0.25, 0.3) is 5.69 Å². The van der Waals surface area contributed by atoms with Crippen LogP contribution in [-0.4, -0.2) is 20.8 Å². The van der Waals surface area contributed by atoms with Gasteiger partial charge in [0.1, 0.15) is 12.7 Å². The molecule has 7 heteroatoms. The van der Waals surface area contributed by atoms with Gasteiger partial charge in [0.2, 0.25) is 0 Å². The molecule has 0 saturated heterocycles. The molecule has 0 unspecified atom stereocenters. The van der Waals surface area contributed by atoms with Crippen molar-refractivity contribution < 1.29 is 4.79 Å². The summed E-state index contributed by atoms with van der Waals surface area (Å²) in [7, 11) is 0. The van der Waals surface area contributed by atoms with E-state index in [1.54, 1.807) is 22.3 Å². The van der Waals surface area contributed by atoms with Crippen LogP contribution in [0.1, 0.15) is 23.4 Å². The lowest BCUT2D eigenvalue weighted by atomic mass is 10.1. The number of hydrogen-bond acceptors (Lipinski definition) is 4. The van der Waals surface area contributed by atoms with Gasteiger partial charge >= 0.3 is 6.03 Å². The number of hydrogen-bond donors (Lipinski definition) is 2. The summed E-state index contributed by atoms with van der Waals surface area (Å²) in [4.78, 5) is 17.0. The Kier molecular flexibility index (Phi) is 4.68. The molecule has 0 aliphatic carbocycles. The summed E-state index contributed by atoms with van der Waals surface area (Å²) in [6.45, 7) is 2.50. The fourth-order valence-electron chi connectivity index (χ4n) is 2.17. The molecule has 0 aliphatic rings. The van der Waals surface area contributed by atoms with Crippen LogP contribution in [0.5, 0.6) is 0 Å². The van der Waals surface area contributed by atoms with Crippen LogP contribution in [0.4, 0.5) is 4.79 Å². The molecule has 2 heterocycles. The molecule has 6 nitrogen and oxygen atoms in total. The zero-order valence-electron chi connectivity index (χ0n) is 12.6. The van der Waals surface area contributed by atoms with Gasteiger partial charge in [0.15, 0.2) is 0 Å². The van der Waals surface area contributed by atoms with Gasteiger partial charge in [0.05, 0.1) is 18.3 Å². The average molecular weight is 327 g/mol. The summed E-state index contributed by atoms with van der Waals surface area (Å²) < 4.78 is 1.69. The van der Waals surface area contributed by atoms with Crippen molar-refractivity contribution in [3.63, 3.8) is 0 Å². The third-order valence-corrected chi connectivity index (χ3v) is 4.30. The van der Waals surface area contributed by atoms with Crippen molar-refractivity contribution >= 4 is 17.4 Å². The van der Waals surface area contributed by atoms with Crippen LogP contribution < -0.4 is 10.6 Å². The predicted molar refractivity (Wildman–Crippen MR) is 89.5 cm³/mol. The molecule has 0 bridgehead atoms. The van der Waals surface area contributed by atoms with E-state index in [1.807, 2.05) is 48.7 Å². The lowest BCUT2D eigenvalue weighted by molar-refractivity contribution is 0.237. The first-order valence-electron chi connectivity index (χ1n) is 7.24. The van der Waals surface area contributed by atoms with Crippen LogP contribution in [-0.2, 0) is 6.54 Å². The van der Waals surface area contributed by atoms with Gasteiger partial charge in [0.25, 0.3) is 0 Å². The van der Waals surface area contributed by atoms with E-state index in [9.17, 15) is 4.79 Å². The first kappa shape index (κ1) is 15.2. The molecule has 3 aromatic rings. The standard InChI is InChI=1S/C16H17N5OS/c1-12(20-16(22)18-9-15-3-2-8-23-15)13-4-6-14(7-5-13)21-11-17-10-19-21/h2-8,10-12H,9H2,1H3,(H2,18,20,22)/t12-/m0/s1. The normalized spacial score (nSPS) is 11.9. The minimum atomic E-state index is -0.175. The molecule has 3 rings (SSSR count). The Hall–Kier alpha value is -2.67. The van der Waals surface area contributed by atoms with E-state index >= 15 is 0 Å². The first-order valence-corrected chi connectivity index (χ1v) is 8.12. The predicted octanol–water partition coefficient (Wildman–Crippen LogP) is 2.89. The highest BCUT2D eigenvalue weighted by atomic mass is 32.1.